The summed E-state index contributed by atoms with van der Waals surface area (Å²) < 4.78 is 0. The van der Waals surface area contributed by atoms with Gasteiger partial charge < -0.3 is 5.32 Å². The van der Waals surface area contributed by atoms with Gasteiger partial charge in [0.15, 0.2) is 0 Å². The van der Waals surface area contributed by atoms with E-state index in [1.807, 2.05) is 6.07 Å². The number of anilines is 2. The molecule has 0 saturated carbocycles. The fraction of sp³-hybridized carbons (Fsp3) is 0.318. The number of carbonyl (C=O) groups excluding carboxylic acids is 3. The van der Waals surface area contributed by atoms with Gasteiger partial charge in [0.05, 0.1) is 16.5 Å². The van der Waals surface area contributed by atoms with E-state index >= 15 is 0 Å². The minimum absolute atomic E-state index is 0.0561. The van der Waals surface area contributed by atoms with E-state index in [0.29, 0.717) is 22.0 Å². The molecular formula is C22H20N4O3S. The van der Waals surface area contributed by atoms with Crippen LogP contribution in [0.5, 0.6) is 0 Å². The maximum atomic E-state index is 13.0. The highest BCUT2D eigenvalue weighted by molar-refractivity contribution is 8.00. The van der Waals surface area contributed by atoms with Gasteiger partial charge in [-0.2, -0.15) is 5.26 Å². The van der Waals surface area contributed by atoms with Gasteiger partial charge in [0.1, 0.15) is 11.1 Å². The Balaban J connectivity index is 1.55. The Morgan fingerprint density at radius 2 is 1.97 bits per heavy atom. The third-order valence-electron chi connectivity index (χ3n) is 5.19. The fourth-order valence-corrected chi connectivity index (χ4v) is 4.88. The monoisotopic (exact) mass is 420 g/mol. The number of rotatable bonds is 4. The van der Waals surface area contributed by atoms with E-state index in [4.69, 9.17) is 0 Å². The number of fused-ring (bicyclic) bond motifs is 1. The summed E-state index contributed by atoms with van der Waals surface area (Å²) in [6.45, 7) is 1.41. The first-order chi connectivity index (χ1) is 14.5. The van der Waals surface area contributed by atoms with Crippen molar-refractivity contribution in [2.24, 2.45) is 0 Å². The van der Waals surface area contributed by atoms with Crippen molar-refractivity contribution >= 4 is 40.9 Å². The molecule has 1 fully saturated rings. The Hall–Kier alpha value is -3.18. The lowest BCUT2D eigenvalue weighted by Gasteiger charge is -2.18. The summed E-state index contributed by atoms with van der Waals surface area (Å²) in [6, 6.07) is 10.6. The van der Waals surface area contributed by atoms with Crippen LogP contribution in [0.4, 0.5) is 11.4 Å². The zero-order valence-electron chi connectivity index (χ0n) is 16.5. The van der Waals surface area contributed by atoms with Crippen molar-refractivity contribution in [3.05, 3.63) is 47.2 Å². The third kappa shape index (κ3) is 3.94. The molecule has 2 aromatic rings. The number of amides is 3. The number of imide groups is 1. The molecule has 1 atom stereocenters. The van der Waals surface area contributed by atoms with E-state index in [0.717, 1.165) is 36.9 Å². The summed E-state index contributed by atoms with van der Waals surface area (Å²) in [5.74, 6) is -0.805. The number of nitriles is 1. The molecule has 1 unspecified atom stereocenters. The average Bonchev–Trinajstić information content (AvgIpc) is 3.00. The lowest BCUT2D eigenvalue weighted by Crippen LogP contribution is -2.31. The van der Waals surface area contributed by atoms with E-state index in [-0.39, 0.29) is 24.1 Å². The second kappa shape index (κ2) is 8.28. The van der Waals surface area contributed by atoms with E-state index in [2.05, 4.69) is 16.4 Å². The molecule has 1 aliphatic carbocycles. The van der Waals surface area contributed by atoms with E-state index in [1.54, 1.807) is 24.3 Å². The van der Waals surface area contributed by atoms with Gasteiger partial charge in [-0.15, -0.1) is 0 Å². The molecule has 30 heavy (non-hydrogen) atoms. The van der Waals surface area contributed by atoms with E-state index in [9.17, 15) is 19.6 Å². The number of nitrogens with one attached hydrogen (secondary N) is 1. The predicted octanol–water partition coefficient (Wildman–Crippen LogP) is 3.21. The lowest BCUT2D eigenvalue weighted by atomic mass is 9.95. The molecule has 0 radical (unpaired) electrons. The maximum absolute atomic E-state index is 13.0. The van der Waals surface area contributed by atoms with Crippen LogP contribution in [0.15, 0.2) is 35.4 Å². The van der Waals surface area contributed by atoms with Gasteiger partial charge in [0, 0.05) is 24.7 Å². The highest BCUT2D eigenvalue weighted by Crippen LogP contribution is 2.36. The summed E-state index contributed by atoms with van der Waals surface area (Å²) in [6.07, 6.45) is 4.01. The molecule has 8 heteroatoms. The normalized spacial score (nSPS) is 18.1. The van der Waals surface area contributed by atoms with Gasteiger partial charge in [0.2, 0.25) is 17.7 Å². The molecule has 1 aromatic carbocycles. The van der Waals surface area contributed by atoms with Crippen LogP contribution in [0.3, 0.4) is 0 Å². The number of hydrogen-bond acceptors (Lipinski definition) is 6. The Morgan fingerprint density at radius 3 is 2.67 bits per heavy atom. The summed E-state index contributed by atoms with van der Waals surface area (Å²) in [7, 11) is 0. The molecular weight excluding hydrogens is 400 g/mol. The maximum Gasteiger partial charge on any atom is 0.247 e. The third-order valence-corrected chi connectivity index (χ3v) is 6.38. The average molecular weight is 420 g/mol. The van der Waals surface area contributed by atoms with Crippen LogP contribution >= 0.6 is 11.8 Å². The number of benzene rings is 1. The molecule has 2 heterocycles. The van der Waals surface area contributed by atoms with Crippen LogP contribution in [0.25, 0.3) is 0 Å². The number of hydrogen-bond donors (Lipinski definition) is 1. The van der Waals surface area contributed by atoms with Crippen molar-refractivity contribution in [1.82, 2.24) is 4.98 Å². The van der Waals surface area contributed by atoms with Crippen molar-refractivity contribution in [2.75, 3.05) is 10.2 Å². The van der Waals surface area contributed by atoms with Gasteiger partial charge in [-0.25, -0.2) is 9.88 Å². The van der Waals surface area contributed by atoms with Crippen molar-refractivity contribution in [3.8, 4) is 6.07 Å². The Kier molecular flexibility index (Phi) is 5.55. The van der Waals surface area contributed by atoms with Crippen LogP contribution in [0, 0.1) is 11.3 Å². The summed E-state index contributed by atoms with van der Waals surface area (Å²) in [5, 5.41) is 12.1. The number of carbonyl (C=O) groups is 3. The first kappa shape index (κ1) is 20.1. The second-order valence-corrected chi connectivity index (χ2v) is 8.56. The SMILES string of the molecule is CC(=O)Nc1ccc(N2C(=O)CC(Sc3nc4c(cc3C#N)CCCC4)C2=O)cc1. The molecule has 1 aliphatic heterocycles. The summed E-state index contributed by atoms with van der Waals surface area (Å²) in [4.78, 5) is 42.5. The van der Waals surface area contributed by atoms with Crippen LogP contribution in [-0.4, -0.2) is 28.0 Å². The number of aryl methyl sites for hydroxylation is 2. The first-order valence-corrected chi connectivity index (χ1v) is 10.7. The quantitative estimate of drug-likeness (QED) is 0.762. The molecule has 2 aliphatic rings. The molecule has 7 nitrogen and oxygen atoms in total. The smallest absolute Gasteiger partial charge is 0.247 e. The molecule has 1 saturated heterocycles. The van der Waals surface area contributed by atoms with Crippen molar-refractivity contribution in [3.63, 3.8) is 0 Å². The predicted molar refractivity (Wildman–Crippen MR) is 113 cm³/mol. The van der Waals surface area contributed by atoms with Gasteiger partial charge >= 0.3 is 0 Å². The minimum atomic E-state index is -0.617. The van der Waals surface area contributed by atoms with Gasteiger partial charge in [-0.1, -0.05) is 11.8 Å². The van der Waals surface area contributed by atoms with Crippen LogP contribution in [0.2, 0.25) is 0 Å². The number of thioether (sulfide) groups is 1. The number of nitrogens with zero attached hydrogens (tertiary/aromatic N) is 3. The number of aromatic nitrogens is 1. The van der Waals surface area contributed by atoms with E-state index in [1.165, 1.54) is 23.6 Å². The van der Waals surface area contributed by atoms with Gasteiger partial charge in [-0.05, 0) is 61.6 Å². The molecule has 152 valence electrons. The Bertz CT molecular complexity index is 1080. The molecule has 4 rings (SSSR count). The summed E-state index contributed by atoms with van der Waals surface area (Å²) >= 11 is 1.19. The molecule has 0 bridgehead atoms. The van der Waals surface area contributed by atoms with E-state index < -0.39 is 5.25 Å². The topological polar surface area (TPSA) is 103 Å². The zero-order chi connectivity index (χ0) is 21.3. The molecule has 0 spiro atoms. The second-order valence-electron chi connectivity index (χ2n) is 7.37. The van der Waals surface area contributed by atoms with Crippen molar-refractivity contribution in [2.45, 2.75) is 49.3 Å². The number of pyridine rings is 1. The Morgan fingerprint density at radius 1 is 1.23 bits per heavy atom. The Labute approximate surface area is 178 Å². The summed E-state index contributed by atoms with van der Waals surface area (Å²) in [5.41, 5.74) is 3.61. The van der Waals surface area contributed by atoms with Crippen molar-refractivity contribution < 1.29 is 14.4 Å². The van der Waals surface area contributed by atoms with Crippen LogP contribution in [-0.2, 0) is 27.2 Å². The van der Waals surface area contributed by atoms with Crippen molar-refractivity contribution in [1.29, 1.82) is 5.26 Å². The van der Waals surface area contributed by atoms with Gasteiger partial charge in [-0.3, -0.25) is 14.4 Å². The highest BCUT2D eigenvalue weighted by Gasteiger charge is 2.40. The molecule has 1 N–H and O–H groups in total. The lowest BCUT2D eigenvalue weighted by molar-refractivity contribution is -0.121. The molecule has 1 aromatic heterocycles. The molecule has 3 amide bonds. The minimum Gasteiger partial charge on any atom is -0.326 e. The van der Waals surface area contributed by atoms with Crippen LogP contribution < -0.4 is 10.2 Å². The first-order valence-electron chi connectivity index (χ1n) is 9.80. The fourth-order valence-electron chi connectivity index (χ4n) is 3.78. The largest absolute Gasteiger partial charge is 0.326 e. The van der Waals surface area contributed by atoms with Crippen LogP contribution in [0.1, 0.15) is 43.0 Å². The standard InChI is InChI=1S/C22H20N4O3S/c1-13(27)24-16-6-8-17(9-7-16)26-20(28)11-19(22(26)29)30-21-15(12-23)10-14-4-2-3-5-18(14)25-21/h6-10,19H,2-5,11H2,1H3,(H,24,27). The van der Waals surface area contributed by atoms with Gasteiger partial charge in [0.25, 0.3) is 0 Å². The zero-order valence-corrected chi connectivity index (χ0v) is 17.3. The highest BCUT2D eigenvalue weighted by atomic mass is 32.2.